The average molecular weight is 363 g/mol. The third-order valence-corrected chi connectivity index (χ3v) is 5.77. The van der Waals surface area contributed by atoms with E-state index in [4.69, 9.17) is 4.42 Å². The predicted molar refractivity (Wildman–Crippen MR) is 102 cm³/mol. The highest BCUT2D eigenvalue weighted by molar-refractivity contribution is 6.05. The molecule has 3 aromatic rings. The van der Waals surface area contributed by atoms with Crippen LogP contribution < -0.4 is 5.32 Å². The molecule has 0 radical (unpaired) electrons. The fourth-order valence-electron chi connectivity index (χ4n) is 4.28. The lowest BCUT2D eigenvalue weighted by molar-refractivity contribution is 0.0621. The van der Waals surface area contributed by atoms with Crippen molar-refractivity contribution in [2.45, 2.75) is 18.9 Å². The van der Waals surface area contributed by atoms with Crippen molar-refractivity contribution in [2.24, 2.45) is 5.92 Å². The summed E-state index contributed by atoms with van der Waals surface area (Å²) in [5.74, 6) is 0.859. The van der Waals surface area contributed by atoms with Crippen molar-refractivity contribution in [1.29, 1.82) is 0 Å². The molecule has 0 saturated carbocycles. The second kappa shape index (κ2) is 6.39. The molecule has 4 heterocycles. The standard InChI is InChI=1S/C21H21N3O3/c25-17-6-2-1-4-14(17)21-23-19-15(5-3-7-18(19)27-21)20(26)22-16-12-24-10-8-13(16)9-11-24/h1-7,13,16,25H,8-12H2,(H,22,26)/t16-/m1/s1. The van der Waals surface area contributed by atoms with Crippen LogP contribution in [0.5, 0.6) is 5.75 Å². The maximum Gasteiger partial charge on any atom is 0.253 e. The zero-order chi connectivity index (χ0) is 18.4. The Hall–Kier alpha value is -2.86. The van der Waals surface area contributed by atoms with Crippen molar-refractivity contribution in [2.75, 3.05) is 19.6 Å². The Morgan fingerprint density at radius 2 is 1.96 bits per heavy atom. The van der Waals surface area contributed by atoms with Crippen LogP contribution in [0.3, 0.4) is 0 Å². The molecule has 1 amide bonds. The molecule has 2 bridgehead atoms. The van der Waals surface area contributed by atoms with Gasteiger partial charge in [0.05, 0.1) is 11.1 Å². The van der Waals surface area contributed by atoms with Crippen LogP contribution >= 0.6 is 0 Å². The molecule has 1 aromatic heterocycles. The van der Waals surface area contributed by atoms with Gasteiger partial charge in [0.15, 0.2) is 5.58 Å². The van der Waals surface area contributed by atoms with Crippen LogP contribution in [0.15, 0.2) is 46.9 Å². The summed E-state index contributed by atoms with van der Waals surface area (Å²) in [6.45, 7) is 3.20. The lowest BCUT2D eigenvalue weighted by Crippen LogP contribution is -2.57. The lowest BCUT2D eigenvalue weighted by Gasteiger charge is -2.44. The van der Waals surface area contributed by atoms with Crippen molar-refractivity contribution in [3.05, 3.63) is 48.0 Å². The number of carbonyl (C=O) groups is 1. The molecule has 6 nitrogen and oxygen atoms in total. The van der Waals surface area contributed by atoms with Gasteiger partial charge in [-0.1, -0.05) is 18.2 Å². The van der Waals surface area contributed by atoms with Gasteiger partial charge in [-0.25, -0.2) is 4.98 Å². The molecule has 0 aliphatic carbocycles. The molecule has 6 rings (SSSR count). The smallest absolute Gasteiger partial charge is 0.253 e. The number of carbonyl (C=O) groups excluding carboxylic acids is 1. The van der Waals surface area contributed by atoms with Gasteiger partial charge in [-0.05, 0) is 56.1 Å². The predicted octanol–water partition coefficient (Wildman–Crippen LogP) is 3.02. The molecule has 3 aliphatic rings. The van der Waals surface area contributed by atoms with Gasteiger partial charge >= 0.3 is 0 Å². The number of phenolic OH excluding ortho intramolecular Hbond substituents is 1. The molecular formula is C21H21N3O3. The quantitative estimate of drug-likeness (QED) is 0.748. The monoisotopic (exact) mass is 363 g/mol. The first-order valence-corrected chi connectivity index (χ1v) is 9.40. The number of nitrogens with one attached hydrogen (secondary N) is 1. The van der Waals surface area contributed by atoms with Crippen molar-refractivity contribution < 1.29 is 14.3 Å². The van der Waals surface area contributed by atoms with Crippen LogP contribution in [0.1, 0.15) is 23.2 Å². The first kappa shape index (κ1) is 16.3. The van der Waals surface area contributed by atoms with Gasteiger partial charge in [-0.2, -0.15) is 0 Å². The molecule has 27 heavy (non-hydrogen) atoms. The average Bonchev–Trinajstić information content (AvgIpc) is 3.13. The number of rotatable bonds is 3. The number of nitrogens with zero attached hydrogens (tertiary/aromatic N) is 2. The van der Waals surface area contributed by atoms with Crippen LogP contribution in [-0.4, -0.2) is 46.6 Å². The number of hydrogen-bond acceptors (Lipinski definition) is 5. The second-order valence-corrected chi connectivity index (χ2v) is 7.41. The SMILES string of the molecule is O=C(N[C@@H]1CN2CCC1CC2)c1cccc2oc(-c3ccccc3O)nc12. The summed E-state index contributed by atoms with van der Waals surface area (Å²) in [5, 5.41) is 13.3. The van der Waals surface area contributed by atoms with Gasteiger partial charge in [0, 0.05) is 12.6 Å². The Bertz CT molecular complexity index is 1000. The van der Waals surface area contributed by atoms with Gasteiger partial charge in [0.2, 0.25) is 5.89 Å². The van der Waals surface area contributed by atoms with Crippen LogP contribution in [0.2, 0.25) is 0 Å². The van der Waals surface area contributed by atoms with Crippen molar-refractivity contribution in [1.82, 2.24) is 15.2 Å². The number of piperidine rings is 3. The van der Waals surface area contributed by atoms with E-state index in [1.807, 2.05) is 6.07 Å². The number of fused-ring (bicyclic) bond motifs is 4. The van der Waals surface area contributed by atoms with E-state index >= 15 is 0 Å². The molecule has 3 fully saturated rings. The molecule has 3 aliphatic heterocycles. The molecule has 0 spiro atoms. The normalized spacial score (nSPS) is 24.2. The zero-order valence-corrected chi connectivity index (χ0v) is 14.9. The van der Waals surface area contributed by atoms with E-state index in [0.717, 1.165) is 32.5 Å². The number of oxazole rings is 1. The van der Waals surface area contributed by atoms with E-state index in [9.17, 15) is 9.90 Å². The summed E-state index contributed by atoms with van der Waals surface area (Å²) < 4.78 is 5.81. The third kappa shape index (κ3) is 2.86. The number of aromatic nitrogens is 1. The minimum Gasteiger partial charge on any atom is -0.507 e. The Morgan fingerprint density at radius 1 is 1.15 bits per heavy atom. The van der Waals surface area contributed by atoms with Gasteiger partial charge in [0.25, 0.3) is 5.91 Å². The van der Waals surface area contributed by atoms with Crippen LogP contribution in [-0.2, 0) is 0 Å². The second-order valence-electron chi connectivity index (χ2n) is 7.41. The van der Waals surface area contributed by atoms with E-state index in [0.29, 0.717) is 34.0 Å². The molecule has 1 atom stereocenters. The fourth-order valence-corrected chi connectivity index (χ4v) is 4.28. The number of para-hydroxylation sites is 2. The Labute approximate surface area is 156 Å². The molecule has 138 valence electrons. The van der Waals surface area contributed by atoms with E-state index in [2.05, 4.69) is 15.2 Å². The van der Waals surface area contributed by atoms with Crippen molar-refractivity contribution >= 4 is 17.0 Å². The Morgan fingerprint density at radius 3 is 2.70 bits per heavy atom. The summed E-state index contributed by atoms with van der Waals surface area (Å²) in [6.07, 6.45) is 2.30. The number of benzene rings is 2. The number of hydrogen-bond donors (Lipinski definition) is 2. The first-order chi connectivity index (χ1) is 13.2. The van der Waals surface area contributed by atoms with Gasteiger partial charge in [0.1, 0.15) is 11.3 Å². The molecule has 6 heteroatoms. The summed E-state index contributed by atoms with van der Waals surface area (Å²) in [6, 6.07) is 12.4. The zero-order valence-electron chi connectivity index (χ0n) is 14.9. The highest BCUT2D eigenvalue weighted by atomic mass is 16.3. The number of phenols is 1. The highest BCUT2D eigenvalue weighted by Gasteiger charge is 2.35. The van der Waals surface area contributed by atoms with E-state index in [1.165, 1.54) is 0 Å². The molecule has 2 N–H and O–H groups in total. The van der Waals surface area contributed by atoms with Gasteiger partial charge in [-0.15, -0.1) is 0 Å². The van der Waals surface area contributed by atoms with Crippen LogP contribution in [0.25, 0.3) is 22.6 Å². The molecule has 0 unspecified atom stereocenters. The largest absolute Gasteiger partial charge is 0.507 e. The van der Waals surface area contributed by atoms with Gasteiger partial charge < -0.3 is 19.7 Å². The fraction of sp³-hybridized carbons (Fsp3) is 0.333. The lowest BCUT2D eigenvalue weighted by atomic mass is 9.84. The topological polar surface area (TPSA) is 78.6 Å². The van der Waals surface area contributed by atoms with Crippen LogP contribution in [0, 0.1) is 5.92 Å². The first-order valence-electron chi connectivity index (χ1n) is 9.40. The summed E-state index contributed by atoms with van der Waals surface area (Å²) in [4.78, 5) is 19.9. The number of aromatic hydroxyl groups is 1. The summed E-state index contributed by atoms with van der Waals surface area (Å²) in [7, 11) is 0. The summed E-state index contributed by atoms with van der Waals surface area (Å²) >= 11 is 0. The summed E-state index contributed by atoms with van der Waals surface area (Å²) in [5.41, 5.74) is 2.08. The maximum absolute atomic E-state index is 13.0. The van der Waals surface area contributed by atoms with Crippen molar-refractivity contribution in [3.8, 4) is 17.2 Å². The Balaban J connectivity index is 1.46. The highest BCUT2D eigenvalue weighted by Crippen LogP contribution is 2.32. The molecule has 2 aromatic carbocycles. The van der Waals surface area contributed by atoms with Crippen LogP contribution in [0.4, 0.5) is 0 Å². The third-order valence-electron chi connectivity index (χ3n) is 5.77. The minimum absolute atomic E-state index is 0.0994. The molecular weight excluding hydrogens is 342 g/mol. The minimum atomic E-state index is -0.114. The van der Waals surface area contributed by atoms with E-state index in [1.54, 1.807) is 36.4 Å². The van der Waals surface area contributed by atoms with E-state index < -0.39 is 0 Å². The molecule has 3 saturated heterocycles. The van der Waals surface area contributed by atoms with Gasteiger partial charge in [-0.3, -0.25) is 4.79 Å². The van der Waals surface area contributed by atoms with Crippen molar-refractivity contribution in [3.63, 3.8) is 0 Å². The van der Waals surface area contributed by atoms with E-state index in [-0.39, 0.29) is 17.7 Å². The number of amides is 1. The maximum atomic E-state index is 13.0. The Kier molecular flexibility index (Phi) is 3.86.